The second-order valence-electron chi connectivity index (χ2n) is 6.91. The van der Waals surface area contributed by atoms with Crippen molar-refractivity contribution in [2.24, 2.45) is 5.41 Å². The van der Waals surface area contributed by atoms with Crippen LogP contribution in [-0.4, -0.2) is 24.4 Å². The maximum atomic E-state index is 9.75. The minimum atomic E-state index is -0.0940. The zero-order valence-electron chi connectivity index (χ0n) is 12.6. The maximum Gasteiger partial charge on any atom is 0.0629 e. The van der Waals surface area contributed by atoms with E-state index < -0.39 is 0 Å². The van der Waals surface area contributed by atoms with Gasteiger partial charge in [-0.3, -0.25) is 0 Å². The first-order chi connectivity index (χ1) is 8.87. The Hall–Kier alpha value is -0.860. The molecule has 2 unspecified atom stereocenters. The number of hydrogen-bond donors (Lipinski definition) is 1. The highest BCUT2D eigenvalue weighted by Gasteiger charge is 2.40. The lowest BCUT2D eigenvalue weighted by molar-refractivity contribution is 0.0272. The lowest BCUT2D eigenvalue weighted by atomic mass is 9.76. The summed E-state index contributed by atoms with van der Waals surface area (Å²) in [7, 11) is 0. The SMILES string of the molecule is CC1OCCC1(CO)Cc1ccc(C(C)(C)C)cc1. The second kappa shape index (κ2) is 5.26. The molecule has 19 heavy (non-hydrogen) atoms. The van der Waals surface area contributed by atoms with E-state index in [-0.39, 0.29) is 23.5 Å². The fraction of sp³-hybridized carbons (Fsp3) is 0.647. The summed E-state index contributed by atoms with van der Waals surface area (Å²) in [6.45, 7) is 9.72. The average molecular weight is 262 g/mol. The molecule has 2 rings (SSSR count). The van der Waals surface area contributed by atoms with Gasteiger partial charge >= 0.3 is 0 Å². The van der Waals surface area contributed by atoms with Crippen LogP contribution in [0.5, 0.6) is 0 Å². The van der Waals surface area contributed by atoms with Crippen LogP contribution in [0.15, 0.2) is 24.3 Å². The van der Waals surface area contributed by atoms with Crippen molar-refractivity contribution in [2.45, 2.75) is 52.1 Å². The predicted octanol–water partition coefficient (Wildman–Crippen LogP) is 3.31. The van der Waals surface area contributed by atoms with Gasteiger partial charge < -0.3 is 9.84 Å². The molecule has 0 amide bonds. The van der Waals surface area contributed by atoms with E-state index in [2.05, 4.69) is 52.0 Å². The van der Waals surface area contributed by atoms with Crippen molar-refractivity contribution < 1.29 is 9.84 Å². The molecular formula is C17H26O2. The quantitative estimate of drug-likeness (QED) is 0.905. The number of benzene rings is 1. The predicted molar refractivity (Wildman–Crippen MR) is 78.4 cm³/mol. The first kappa shape index (κ1) is 14.5. The summed E-state index contributed by atoms with van der Waals surface area (Å²) in [5.74, 6) is 0. The van der Waals surface area contributed by atoms with Gasteiger partial charge in [0.25, 0.3) is 0 Å². The fourth-order valence-corrected chi connectivity index (χ4v) is 2.84. The van der Waals surface area contributed by atoms with Crippen molar-refractivity contribution in [2.75, 3.05) is 13.2 Å². The molecule has 1 aromatic carbocycles. The van der Waals surface area contributed by atoms with E-state index in [9.17, 15) is 5.11 Å². The summed E-state index contributed by atoms with van der Waals surface area (Å²) in [5.41, 5.74) is 2.74. The number of hydrogen-bond acceptors (Lipinski definition) is 2. The van der Waals surface area contributed by atoms with E-state index >= 15 is 0 Å². The van der Waals surface area contributed by atoms with Crippen molar-refractivity contribution in [3.05, 3.63) is 35.4 Å². The van der Waals surface area contributed by atoms with Crippen molar-refractivity contribution in [1.29, 1.82) is 0 Å². The highest BCUT2D eigenvalue weighted by molar-refractivity contribution is 5.28. The minimum Gasteiger partial charge on any atom is -0.396 e. The Labute approximate surface area is 116 Å². The summed E-state index contributed by atoms with van der Waals surface area (Å²) in [5, 5.41) is 9.75. The number of aliphatic hydroxyl groups is 1. The molecule has 1 aliphatic rings. The topological polar surface area (TPSA) is 29.5 Å². The standard InChI is InChI=1S/C17H26O2/c1-13-17(12-18,9-10-19-13)11-14-5-7-15(8-6-14)16(2,3)4/h5-8,13,18H,9-12H2,1-4H3. The van der Waals surface area contributed by atoms with E-state index in [1.165, 1.54) is 11.1 Å². The molecule has 1 saturated heterocycles. The molecule has 1 fully saturated rings. The molecule has 0 radical (unpaired) electrons. The van der Waals surface area contributed by atoms with Gasteiger partial charge in [-0.2, -0.15) is 0 Å². The smallest absolute Gasteiger partial charge is 0.0629 e. The Bertz CT molecular complexity index is 416. The highest BCUT2D eigenvalue weighted by atomic mass is 16.5. The maximum absolute atomic E-state index is 9.75. The third-order valence-corrected chi connectivity index (χ3v) is 4.52. The van der Waals surface area contributed by atoms with Crippen LogP contribution >= 0.6 is 0 Å². The van der Waals surface area contributed by atoms with Gasteiger partial charge in [0.05, 0.1) is 12.7 Å². The normalized spacial score (nSPS) is 27.7. The monoisotopic (exact) mass is 262 g/mol. The Kier molecular flexibility index (Phi) is 4.03. The zero-order valence-corrected chi connectivity index (χ0v) is 12.6. The minimum absolute atomic E-state index is 0.0940. The van der Waals surface area contributed by atoms with Gasteiger partial charge in [0.15, 0.2) is 0 Å². The third kappa shape index (κ3) is 3.01. The van der Waals surface area contributed by atoms with E-state index in [4.69, 9.17) is 4.74 Å². The van der Waals surface area contributed by atoms with Crippen LogP contribution in [0, 0.1) is 5.41 Å². The van der Waals surface area contributed by atoms with Gasteiger partial charge in [-0.05, 0) is 36.3 Å². The largest absolute Gasteiger partial charge is 0.396 e. The van der Waals surface area contributed by atoms with Crippen LogP contribution in [0.2, 0.25) is 0 Å². The van der Waals surface area contributed by atoms with Crippen LogP contribution in [-0.2, 0) is 16.6 Å². The lowest BCUT2D eigenvalue weighted by Crippen LogP contribution is -2.35. The molecule has 1 heterocycles. The zero-order chi connectivity index (χ0) is 14.1. The molecule has 0 spiro atoms. The summed E-state index contributed by atoms with van der Waals surface area (Å²) in [4.78, 5) is 0. The Morgan fingerprint density at radius 3 is 2.32 bits per heavy atom. The van der Waals surface area contributed by atoms with Gasteiger partial charge in [0.1, 0.15) is 0 Å². The van der Waals surface area contributed by atoms with Crippen LogP contribution in [0.1, 0.15) is 45.2 Å². The van der Waals surface area contributed by atoms with Crippen molar-refractivity contribution >= 4 is 0 Å². The molecule has 0 bridgehead atoms. The molecule has 2 heteroatoms. The van der Waals surface area contributed by atoms with Crippen LogP contribution in [0.25, 0.3) is 0 Å². The summed E-state index contributed by atoms with van der Waals surface area (Å²) < 4.78 is 5.65. The van der Waals surface area contributed by atoms with Crippen molar-refractivity contribution in [3.63, 3.8) is 0 Å². The van der Waals surface area contributed by atoms with Gasteiger partial charge in [-0.15, -0.1) is 0 Å². The molecule has 1 aromatic rings. The van der Waals surface area contributed by atoms with Gasteiger partial charge in [0.2, 0.25) is 0 Å². The Morgan fingerprint density at radius 1 is 1.26 bits per heavy atom. The first-order valence-corrected chi connectivity index (χ1v) is 7.19. The molecule has 2 atom stereocenters. The number of rotatable bonds is 3. The second-order valence-corrected chi connectivity index (χ2v) is 6.91. The molecule has 0 aromatic heterocycles. The van der Waals surface area contributed by atoms with Crippen molar-refractivity contribution in [1.82, 2.24) is 0 Å². The van der Waals surface area contributed by atoms with Crippen molar-refractivity contribution in [3.8, 4) is 0 Å². The van der Waals surface area contributed by atoms with Gasteiger partial charge in [-0.25, -0.2) is 0 Å². The third-order valence-electron chi connectivity index (χ3n) is 4.52. The van der Waals surface area contributed by atoms with E-state index in [0.717, 1.165) is 19.4 Å². The van der Waals surface area contributed by atoms with E-state index in [1.54, 1.807) is 0 Å². The van der Waals surface area contributed by atoms with Crippen LogP contribution < -0.4 is 0 Å². The molecule has 1 aliphatic heterocycles. The van der Waals surface area contributed by atoms with Gasteiger partial charge in [0, 0.05) is 12.0 Å². The summed E-state index contributed by atoms with van der Waals surface area (Å²) in [6.07, 6.45) is 1.99. The number of aliphatic hydroxyl groups excluding tert-OH is 1. The average Bonchev–Trinajstić information content (AvgIpc) is 2.71. The molecule has 1 N–H and O–H groups in total. The highest BCUT2D eigenvalue weighted by Crippen LogP contribution is 2.38. The van der Waals surface area contributed by atoms with Gasteiger partial charge in [-0.1, -0.05) is 45.0 Å². The lowest BCUT2D eigenvalue weighted by Gasteiger charge is -2.30. The first-order valence-electron chi connectivity index (χ1n) is 7.19. The molecule has 106 valence electrons. The fourth-order valence-electron chi connectivity index (χ4n) is 2.84. The van der Waals surface area contributed by atoms with E-state index in [1.807, 2.05) is 0 Å². The molecule has 0 saturated carbocycles. The number of ether oxygens (including phenoxy) is 1. The summed E-state index contributed by atoms with van der Waals surface area (Å²) in [6, 6.07) is 8.81. The van der Waals surface area contributed by atoms with E-state index in [0.29, 0.717) is 0 Å². The Morgan fingerprint density at radius 2 is 1.89 bits per heavy atom. The molecule has 2 nitrogen and oxygen atoms in total. The molecule has 0 aliphatic carbocycles. The molecular weight excluding hydrogens is 236 g/mol. The Balaban J connectivity index is 2.15. The summed E-state index contributed by atoms with van der Waals surface area (Å²) >= 11 is 0. The van der Waals surface area contributed by atoms with Crippen LogP contribution in [0.3, 0.4) is 0 Å². The van der Waals surface area contributed by atoms with Crippen LogP contribution in [0.4, 0.5) is 0 Å².